The van der Waals surface area contributed by atoms with Crippen LogP contribution in [-0.2, 0) is 6.54 Å². The summed E-state index contributed by atoms with van der Waals surface area (Å²) in [6.07, 6.45) is 0. The number of nitrogens with zero attached hydrogens (tertiary/aromatic N) is 1. The number of carbonyl (C=O) groups is 1. The molecule has 4 rings (SSSR count). The maximum Gasteiger partial charge on any atom is 0.323 e. The Labute approximate surface area is 199 Å². The smallest absolute Gasteiger partial charge is 0.323 e. The van der Waals surface area contributed by atoms with E-state index in [1.807, 2.05) is 114 Å². The number of amides is 2. The second-order valence-corrected chi connectivity index (χ2v) is 8.05. The molecule has 0 heterocycles. The van der Waals surface area contributed by atoms with Crippen LogP contribution in [-0.4, -0.2) is 18.0 Å². The summed E-state index contributed by atoms with van der Waals surface area (Å²) in [7, 11) is 1.59. The van der Waals surface area contributed by atoms with E-state index < -0.39 is 0 Å². The fraction of sp³-hybridized carbons (Fsp3) is 0.107. The van der Waals surface area contributed by atoms with Gasteiger partial charge in [0, 0.05) is 11.6 Å². The topological polar surface area (TPSA) is 41.6 Å². The van der Waals surface area contributed by atoms with E-state index in [4.69, 9.17) is 16.3 Å². The van der Waals surface area contributed by atoms with Crippen molar-refractivity contribution in [3.8, 4) is 5.75 Å². The van der Waals surface area contributed by atoms with Crippen LogP contribution in [0.4, 0.5) is 10.5 Å². The fourth-order valence-electron chi connectivity index (χ4n) is 3.82. The van der Waals surface area contributed by atoms with Gasteiger partial charge in [-0.25, -0.2) is 4.79 Å². The van der Waals surface area contributed by atoms with Crippen molar-refractivity contribution >= 4 is 23.3 Å². The van der Waals surface area contributed by atoms with Gasteiger partial charge in [-0.15, -0.1) is 0 Å². The Balaban J connectivity index is 1.77. The third-order valence-corrected chi connectivity index (χ3v) is 5.67. The van der Waals surface area contributed by atoms with Gasteiger partial charge in [0.1, 0.15) is 5.75 Å². The van der Waals surface area contributed by atoms with Crippen molar-refractivity contribution in [1.82, 2.24) is 4.90 Å². The largest absolute Gasteiger partial charge is 0.495 e. The lowest BCUT2D eigenvalue weighted by molar-refractivity contribution is 0.194. The normalized spacial score (nSPS) is 10.6. The Bertz CT molecular complexity index is 1140. The highest BCUT2D eigenvalue weighted by atomic mass is 35.5. The highest BCUT2D eigenvalue weighted by Gasteiger charge is 2.27. The van der Waals surface area contributed by atoms with E-state index in [2.05, 4.69) is 5.32 Å². The number of urea groups is 1. The molecule has 0 radical (unpaired) electrons. The Kier molecular flexibility index (Phi) is 7.28. The number of para-hydroxylation sites is 2. The van der Waals surface area contributed by atoms with Crippen LogP contribution in [0.5, 0.6) is 5.75 Å². The van der Waals surface area contributed by atoms with Crippen molar-refractivity contribution in [2.75, 3.05) is 12.4 Å². The van der Waals surface area contributed by atoms with Crippen LogP contribution >= 0.6 is 11.6 Å². The van der Waals surface area contributed by atoms with Crippen LogP contribution < -0.4 is 10.1 Å². The summed E-state index contributed by atoms with van der Waals surface area (Å²) in [5.74, 6) is 0.605. The molecule has 33 heavy (non-hydrogen) atoms. The first kappa shape index (κ1) is 22.4. The summed E-state index contributed by atoms with van der Waals surface area (Å²) < 4.78 is 5.44. The van der Waals surface area contributed by atoms with E-state index in [-0.39, 0.29) is 12.1 Å². The van der Waals surface area contributed by atoms with E-state index >= 15 is 0 Å². The molecule has 0 saturated heterocycles. The molecule has 0 spiro atoms. The predicted molar refractivity (Wildman–Crippen MR) is 134 cm³/mol. The second kappa shape index (κ2) is 10.7. The van der Waals surface area contributed by atoms with Crippen molar-refractivity contribution < 1.29 is 9.53 Å². The van der Waals surface area contributed by atoms with Crippen LogP contribution in [0.3, 0.4) is 0 Å². The van der Waals surface area contributed by atoms with Gasteiger partial charge >= 0.3 is 6.03 Å². The molecule has 0 aliphatic rings. The van der Waals surface area contributed by atoms with Crippen LogP contribution in [0.2, 0.25) is 5.02 Å². The van der Waals surface area contributed by atoms with Crippen molar-refractivity contribution in [1.29, 1.82) is 0 Å². The molecule has 0 aliphatic heterocycles. The number of methoxy groups -OCH3 is 1. The molecular formula is C28H25ClN2O2. The van der Waals surface area contributed by atoms with Crippen LogP contribution in [0.15, 0.2) is 109 Å². The number of benzene rings is 4. The fourth-order valence-corrected chi connectivity index (χ4v) is 3.95. The second-order valence-electron chi connectivity index (χ2n) is 7.61. The SMILES string of the molecule is COc1ccccc1NC(=O)N(Cc1ccc(Cl)cc1)C(c1ccccc1)c1ccccc1. The number of carbonyl (C=O) groups excluding carboxylic acids is 1. The van der Waals surface area contributed by atoms with Gasteiger partial charge in [0.25, 0.3) is 0 Å². The first-order valence-electron chi connectivity index (χ1n) is 10.7. The van der Waals surface area contributed by atoms with E-state index in [1.165, 1.54) is 0 Å². The van der Waals surface area contributed by atoms with E-state index in [0.717, 1.165) is 16.7 Å². The van der Waals surface area contributed by atoms with Crippen molar-refractivity contribution in [3.05, 3.63) is 131 Å². The van der Waals surface area contributed by atoms with E-state index in [9.17, 15) is 4.79 Å². The zero-order valence-corrected chi connectivity index (χ0v) is 19.1. The third kappa shape index (κ3) is 5.54. The lowest BCUT2D eigenvalue weighted by atomic mass is 9.96. The molecular weight excluding hydrogens is 432 g/mol. The molecule has 4 nitrogen and oxygen atoms in total. The van der Waals surface area contributed by atoms with Gasteiger partial charge in [-0.1, -0.05) is 96.5 Å². The predicted octanol–water partition coefficient (Wildman–Crippen LogP) is 7.17. The van der Waals surface area contributed by atoms with Gasteiger partial charge in [-0.3, -0.25) is 0 Å². The molecule has 0 fully saturated rings. The number of anilines is 1. The molecule has 4 aromatic rings. The number of hydrogen-bond donors (Lipinski definition) is 1. The summed E-state index contributed by atoms with van der Waals surface area (Å²) in [5.41, 5.74) is 3.64. The van der Waals surface area contributed by atoms with Crippen molar-refractivity contribution in [3.63, 3.8) is 0 Å². The zero-order valence-electron chi connectivity index (χ0n) is 18.3. The maximum atomic E-state index is 13.8. The molecule has 0 atom stereocenters. The highest BCUT2D eigenvalue weighted by molar-refractivity contribution is 6.30. The lowest BCUT2D eigenvalue weighted by Crippen LogP contribution is -2.38. The molecule has 1 N–H and O–H groups in total. The lowest BCUT2D eigenvalue weighted by Gasteiger charge is -2.33. The minimum absolute atomic E-state index is 0.229. The molecule has 0 bridgehead atoms. The molecule has 0 aromatic heterocycles. The summed E-state index contributed by atoms with van der Waals surface area (Å²) >= 11 is 6.10. The van der Waals surface area contributed by atoms with Crippen LogP contribution in [0, 0.1) is 0 Å². The van der Waals surface area contributed by atoms with Crippen LogP contribution in [0.1, 0.15) is 22.7 Å². The first-order valence-corrected chi connectivity index (χ1v) is 11.1. The molecule has 166 valence electrons. The Morgan fingerprint density at radius 3 is 1.94 bits per heavy atom. The summed E-state index contributed by atoms with van der Waals surface area (Å²) in [6.45, 7) is 0.395. The monoisotopic (exact) mass is 456 g/mol. The van der Waals surface area contributed by atoms with Crippen LogP contribution in [0.25, 0.3) is 0 Å². The summed E-state index contributed by atoms with van der Waals surface area (Å²) in [6, 6.07) is 34.5. The Hall–Kier alpha value is -3.76. The summed E-state index contributed by atoms with van der Waals surface area (Å²) in [5, 5.41) is 3.71. The number of rotatable bonds is 7. The average Bonchev–Trinajstić information content (AvgIpc) is 2.86. The molecule has 0 saturated carbocycles. The average molecular weight is 457 g/mol. The summed E-state index contributed by atoms with van der Waals surface area (Å²) in [4.78, 5) is 15.6. The maximum absolute atomic E-state index is 13.8. The van der Waals surface area contributed by atoms with Gasteiger partial charge in [-0.05, 0) is 41.0 Å². The van der Waals surface area contributed by atoms with Gasteiger partial charge in [-0.2, -0.15) is 0 Å². The van der Waals surface area contributed by atoms with E-state index in [1.54, 1.807) is 7.11 Å². The molecule has 2 amide bonds. The van der Waals surface area contributed by atoms with Gasteiger partial charge in [0.05, 0.1) is 18.8 Å². The first-order chi connectivity index (χ1) is 16.2. The quantitative estimate of drug-likeness (QED) is 0.320. The standard InChI is InChI=1S/C28H25ClN2O2/c1-33-26-15-9-8-14-25(26)30-28(32)31(20-21-16-18-24(29)19-17-21)27(22-10-4-2-5-11-22)23-12-6-3-7-13-23/h2-19,27H,20H2,1H3,(H,30,32). The Morgan fingerprint density at radius 2 is 1.36 bits per heavy atom. The minimum atomic E-state index is -0.294. The van der Waals surface area contributed by atoms with Crippen molar-refractivity contribution in [2.24, 2.45) is 0 Å². The number of hydrogen-bond acceptors (Lipinski definition) is 2. The number of nitrogens with one attached hydrogen (secondary N) is 1. The van der Waals surface area contributed by atoms with E-state index in [0.29, 0.717) is 23.0 Å². The Morgan fingerprint density at radius 1 is 0.818 bits per heavy atom. The highest BCUT2D eigenvalue weighted by Crippen LogP contribution is 2.32. The zero-order chi connectivity index (χ0) is 23.0. The van der Waals surface area contributed by atoms with Crippen molar-refractivity contribution in [2.45, 2.75) is 12.6 Å². The van der Waals surface area contributed by atoms with Gasteiger partial charge in [0.15, 0.2) is 0 Å². The minimum Gasteiger partial charge on any atom is -0.495 e. The number of halogens is 1. The van der Waals surface area contributed by atoms with Gasteiger partial charge < -0.3 is 15.0 Å². The third-order valence-electron chi connectivity index (χ3n) is 5.42. The molecule has 5 heteroatoms. The molecule has 4 aromatic carbocycles. The molecule has 0 unspecified atom stereocenters. The van der Waals surface area contributed by atoms with Gasteiger partial charge in [0.2, 0.25) is 0 Å². The molecule has 0 aliphatic carbocycles. The number of ether oxygens (including phenoxy) is 1.